The van der Waals surface area contributed by atoms with Crippen molar-refractivity contribution < 1.29 is 133 Å². The number of carbonyl (C=O) groups is 7. The highest BCUT2D eigenvalue weighted by Crippen LogP contribution is 2.54. The number of fused-ring (bicyclic) bond motifs is 3. The summed E-state index contributed by atoms with van der Waals surface area (Å²) in [5.41, 5.74) is -7.08. The lowest BCUT2D eigenvalue weighted by Crippen LogP contribution is -2.63. The van der Waals surface area contributed by atoms with E-state index in [1.54, 1.807) is 0 Å². The zero-order valence-corrected chi connectivity index (χ0v) is 33.4. The highest BCUT2D eigenvalue weighted by Gasteiger charge is 2.58. The number of aromatic hydroxyl groups is 11. The molecule has 0 saturated carbocycles. The normalized spacial score (nSPS) is 24.3. The Balaban J connectivity index is 1.39. The monoisotopic (exact) mass is 954 g/mol. The number of hydrogen-bond acceptors (Lipinski definition) is 26. The maximum Gasteiger partial charge on any atom is 0.341 e. The van der Waals surface area contributed by atoms with Gasteiger partial charge in [0.2, 0.25) is 29.6 Å². The van der Waals surface area contributed by atoms with Crippen LogP contribution in [0.5, 0.6) is 69.0 Å². The van der Waals surface area contributed by atoms with Gasteiger partial charge in [-0.15, -0.1) is 0 Å². The molecule has 0 spiro atoms. The molecule has 2 unspecified atom stereocenters. The molecule has 356 valence electrons. The Kier molecular flexibility index (Phi) is 11.0. The Morgan fingerprint density at radius 2 is 1.10 bits per heavy atom. The maximum absolute atomic E-state index is 14.6. The quantitative estimate of drug-likeness (QED) is 0.0554. The van der Waals surface area contributed by atoms with Crippen LogP contribution in [0.3, 0.4) is 0 Å². The molecule has 1 saturated heterocycles. The van der Waals surface area contributed by atoms with E-state index in [2.05, 4.69) is 0 Å². The van der Waals surface area contributed by atoms with Crippen LogP contribution in [0.15, 0.2) is 30.3 Å². The van der Waals surface area contributed by atoms with Gasteiger partial charge in [-0.1, -0.05) is 0 Å². The first-order chi connectivity index (χ1) is 32.0. The second kappa shape index (κ2) is 16.4. The number of carboxylic acid groups (broad SMARTS) is 1. The number of phenols is 11. The van der Waals surface area contributed by atoms with E-state index < -0.39 is 211 Å². The minimum Gasteiger partial charge on any atom is -0.504 e. The average Bonchev–Trinajstić information content (AvgIpc) is 3.28. The number of phenolic OH excluding ortho intramolecular Hbond substituents is 11. The van der Waals surface area contributed by atoms with Crippen molar-refractivity contribution in [2.75, 3.05) is 6.61 Å². The van der Waals surface area contributed by atoms with Crippen molar-refractivity contribution in [2.24, 2.45) is 5.92 Å². The minimum atomic E-state index is -2.58. The molecule has 13 N–H and O–H groups in total. The molecule has 4 aromatic rings. The number of aliphatic hydroxyl groups is 1. The Bertz CT molecular complexity index is 2900. The number of cyclic esters (lactones) is 1. The number of carbonyl (C=O) groups excluding carboxylic acids is 6. The molecule has 4 bridgehead atoms. The van der Waals surface area contributed by atoms with Crippen molar-refractivity contribution in [1.29, 1.82) is 0 Å². The SMILES string of the molecule is O=C(O)CC1C(=O)O[C@H]2C3COC(=O)c4cc(O)c(O)c(O)c4-c4c(cc(O)c(O)c4O)C(=O)O[C@H]2[C@@H](OC(=O)c2cc(O)c(O)c4c2[C@H]1[C@H](O)C(=O)O4)[C@H](OC(=O)c1cc(O)c(O)c(O)c1)O3. The van der Waals surface area contributed by atoms with Gasteiger partial charge in [0.25, 0.3) is 0 Å². The van der Waals surface area contributed by atoms with Crippen LogP contribution >= 0.6 is 0 Å². The lowest BCUT2D eigenvalue weighted by molar-refractivity contribution is -0.287. The van der Waals surface area contributed by atoms with E-state index in [9.17, 15) is 99.9 Å². The number of benzene rings is 4. The van der Waals surface area contributed by atoms with Crippen LogP contribution in [-0.2, 0) is 42.8 Å². The van der Waals surface area contributed by atoms with Gasteiger partial charge < -0.3 is 99.5 Å². The van der Waals surface area contributed by atoms with Crippen molar-refractivity contribution in [3.8, 4) is 80.1 Å². The van der Waals surface area contributed by atoms with Crippen LogP contribution < -0.4 is 4.74 Å². The molecule has 27 nitrogen and oxygen atoms in total. The number of ether oxygens (including phenoxy) is 7. The molecule has 8 atom stereocenters. The molecule has 4 aliphatic heterocycles. The van der Waals surface area contributed by atoms with Crippen molar-refractivity contribution in [2.45, 2.75) is 49.1 Å². The molecule has 68 heavy (non-hydrogen) atoms. The number of rotatable bonds is 4. The largest absolute Gasteiger partial charge is 0.504 e. The molecule has 0 radical (unpaired) electrons. The first-order valence-corrected chi connectivity index (χ1v) is 19.2. The predicted octanol–water partition coefficient (Wildman–Crippen LogP) is -0.00170. The summed E-state index contributed by atoms with van der Waals surface area (Å²) in [7, 11) is 0. The summed E-state index contributed by atoms with van der Waals surface area (Å²) in [6.45, 7) is -1.31. The Hall–Kier alpha value is -9.11. The molecule has 0 amide bonds. The van der Waals surface area contributed by atoms with E-state index in [1.165, 1.54) is 0 Å². The van der Waals surface area contributed by atoms with Crippen molar-refractivity contribution in [3.05, 3.63) is 58.1 Å². The van der Waals surface area contributed by atoms with Crippen molar-refractivity contribution in [3.63, 3.8) is 0 Å². The number of esters is 6. The minimum absolute atomic E-state index is 0.361. The summed E-state index contributed by atoms with van der Waals surface area (Å²) >= 11 is 0. The molecule has 0 aliphatic carbocycles. The number of hydrogen-bond donors (Lipinski definition) is 13. The van der Waals surface area contributed by atoms with E-state index in [0.717, 1.165) is 0 Å². The van der Waals surface area contributed by atoms with E-state index in [1.807, 2.05) is 0 Å². The van der Waals surface area contributed by atoms with E-state index in [0.29, 0.717) is 30.3 Å². The van der Waals surface area contributed by atoms with Gasteiger partial charge in [-0.25, -0.2) is 24.0 Å². The van der Waals surface area contributed by atoms with Crippen LogP contribution in [0.25, 0.3) is 11.1 Å². The Labute approximate surface area is 374 Å². The predicted molar refractivity (Wildman–Crippen MR) is 206 cm³/mol. The summed E-state index contributed by atoms with van der Waals surface area (Å²) in [6.07, 6.45) is -16.3. The fourth-order valence-corrected chi connectivity index (χ4v) is 8.04. The zero-order chi connectivity index (χ0) is 49.5. The lowest BCUT2D eigenvalue weighted by atomic mass is 9.76. The standard InChI is InChI=1S/C41H30O27/c42-13-1-8(2-14(43)24(13)49)35(56)68-41-34-33-31(64-39(60)12(6-19(47)48)22-23-11(38(59)67-34)5-17(46)27(52)32(23)65-40(61)30(22)55)18(63-41)7-62-36(57)9-3-15(44)25(50)28(53)20(9)21-10(37(58)66-33)4-16(45)26(51)29(21)54/h1-5,12,18,22,30-31,33-34,41-46,49-55H,6-7H2,(H,47,48)/t12?,18?,22-,30-,31-,33+,34+,41-/m0/s1. The van der Waals surface area contributed by atoms with Gasteiger partial charge in [-0.05, 0) is 30.3 Å². The molecular formula is C41H30O27. The maximum atomic E-state index is 14.6. The van der Waals surface area contributed by atoms with Crippen molar-refractivity contribution in [1.82, 2.24) is 0 Å². The van der Waals surface area contributed by atoms with Gasteiger partial charge in [0.15, 0.2) is 70.1 Å². The summed E-state index contributed by atoms with van der Waals surface area (Å²) < 4.78 is 38.8. The molecule has 4 aliphatic rings. The summed E-state index contributed by atoms with van der Waals surface area (Å²) in [5, 5.41) is 137. The summed E-state index contributed by atoms with van der Waals surface area (Å²) in [5.74, 6) is -32.0. The Morgan fingerprint density at radius 3 is 1.69 bits per heavy atom. The first-order valence-electron chi connectivity index (χ1n) is 19.2. The Morgan fingerprint density at radius 1 is 0.588 bits per heavy atom. The molecule has 8 rings (SSSR count). The molecule has 0 aromatic heterocycles. The number of carboxylic acids is 1. The zero-order valence-electron chi connectivity index (χ0n) is 33.4. The third-order valence-corrected chi connectivity index (χ3v) is 11.2. The second-order valence-corrected chi connectivity index (χ2v) is 15.2. The van der Waals surface area contributed by atoms with Crippen LogP contribution in [0.1, 0.15) is 59.3 Å². The smallest absolute Gasteiger partial charge is 0.341 e. The van der Waals surface area contributed by atoms with Gasteiger partial charge >= 0.3 is 41.8 Å². The molecule has 4 heterocycles. The first kappa shape index (κ1) is 45.5. The van der Waals surface area contributed by atoms with Crippen LogP contribution in [0.4, 0.5) is 0 Å². The van der Waals surface area contributed by atoms with Gasteiger partial charge in [0, 0.05) is 22.6 Å². The van der Waals surface area contributed by atoms with Crippen LogP contribution in [0, 0.1) is 5.92 Å². The molecule has 4 aromatic carbocycles. The highest BCUT2D eigenvalue weighted by molar-refractivity contribution is 6.08. The fraction of sp³-hybridized carbons (Fsp3) is 0.244. The lowest BCUT2D eigenvalue weighted by Gasteiger charge is -2.44. The van der Waals surface area contributed by atoms with Crippen LogP contribution in [0.2, 0.25) is 0 Å². The molecular weight excluding hydrogens is 924 g/mol. The highest BCUT2D eigenvalue weighted by atomic mass is 16.7. The number of aliphatic hydroxyl groups excluding tert-OH is 1. The van der Waals surface area contributed by atoms with E-state index in [4.69, 9.17) is 33.2 Å². The van der Waals surface area contributed by atoms with Gasteiger partial charge in [0.1, 0.15) is 12.7 Å². The second-order valence-electron chi connectivity index (χ2n) is 15.2. The average molecular weight is 955 g/mol. The van der Waals surface area contributed by atoms with Crippen LogP contribution in [-0.4, -0.2) is 152 Å². The topological polar surface area (TPSA) is 447 Å². The molecule has 27 heteroatoms. The number of aliphatic carboxylic acids is 1. The van der Waals surface area contributed by atoms with Gasteiger partial charge in [0.05, 0.1) is 34.6 Å². The van der Waals surface area contributed by atoms with Gasteiger partial charge in [-0.2, -0.15) is 0 Å². The molecule has 1 fully saturated rings. The van der Waals surface area contributed by atoms with E-state index >= 15 is 0 Å². The summed E-state index contributed by atoms with van der Waals surface area (Å²) in [4.78, 5) is 96.8. The van der Waals surface area contributed by atoms with E-state index in [-0.39, 0.29) is 0 Å². The summed E-state index contributed by atoms with van der Waals surface area (Å²) in [6, 6.07) is 2.36. The third-order valence-electron chi connectivity index (χ3n) is 11.2. The third kappa shape index (κ3) is 7.31. The fourth-order valence-electron chi connectivity index (χ4n) is 8.04. The van der Waals surface area contributed by atoms with Crippen molar-refractivity contribution >= 4 is 41.8 Å². The van der Waals surface area contributed by atoms with Gasteiger partial charge in [-0.3, -0.25) is 9.59 Å².